The molecule has 1 N–H and O–H groups in total. The van der Waals surface area contributed by atoms with Crippen molar-refractivity contribution in [3.05, 3.63) is 70.7 Å². The molecule has 5 nitrogen and oxygen atoms in total. The van der Waals surface area contributed by atoms with Gasteiger partial charge in [0.05, 0.1) is 7.11 Å². The maximum atomic E-state index is 15.4. The van der Waals surface area contributed by atoms with Gasteiger partial charge in [0, 0.05) is 10.6 Å². The van der Waals surface area contributed by atoms with Crippen LogP contribution in [0.25, 0.3) is 0 Å². The molecule has 0 fully saturated rings. The first kappa shape index (κ1) is 24.9. The van der Waals surface area contributed by atoms with Crippen LogP contribution in [0.15, 0.2) is 54.6 Å². The van der Waals surface area contributed by atoms with Crippen molar-refractivity contribution in [1.82, 2.24) is 4.72 Å². The van der Waals surface area contributed by atoms with E-state index in [1.165, 1.54) is 37.4 Å². The molecule has 1 unspecified atom stereocenters. The first-order valence-electron chi connectivity index (χ1n) is 9.68. The Balaban J connectivity index is 2.20. The molecule has 2 aromatic carbocycles. The van der Waals surface area contributed by atoms with Crippen molar-refractivity contribution in [3.63, 3.8) is 0 Å². The lowest BCUT2D eigenvalue weighted by Gasteiger charge is -2.27. The zero-order valence-corrected chi connectivity index (χ0v) is 18.7. The van der Waals surface area contributed by atoms with Gasteiger partial charge in [0.15, 0.2) is 6.10 Å². The van der Waals surface area contributed by atoms with Crippen LogP contribution in [0.3, 0.4) is 0 Å². The fraction of sp³-hybridized carbons (Fsp3) is 0.364. The average molecular weight is 472 g/mol. The highest BCUT2D eigenvalue weighted by Crippen LogP contribution is 2.43. The Morgan fingerprint density at radius 3 is 2.48 bits per heavy atom. The molecule has 0 aliphatic heterocycles. The minimum absolute atomic E-state index is 0.114. The monoisotopic (exact) mass is 471 g/mol. The predicted molar refractivity (Wildman–Crippen MR) is 117 cm³/mol. The highest BCUT2D eigenvalue weighted by atomic mass is 35.5. The minimum Gasteiger partial charge on any atom is -0.468 e. The van der Waals surface area contributed by atoms with Crippen LogP contribution in [-0.4, -0.2) is 24.4 Å². The minimum atomic E-state index is -3.56. The average Bonchev–Trinajstić information content (AvgIpc) is 2.77. The van der Waals surface area contributed by atoms with E-state index in [1.54, 1.807) is 18.2 Å². The van der Waals surface area contributed by atoms with E-state index in [0.29, 0.717) is 6.42 Å². The summed E-state index contributed by atoms with van der Waals surface area (Å²) in [5.41, 5.74) is -0.271. The molecule has 0 aliphatic carbocycles. The van der Waals surface area contributed by atoms with Gasteiger partial charge in [-0.1, -0.05) is 73.8 Å². The molecule has 31 heavy (non-hydrogen) atoms. The van der Waals surface area contributed by atoms with Crippen LogP contribution in [0.4, 0.5) is 13.6 Å². The van der Waals surface area contributed by atoms with Gasteiger partial charge in [-0.2, -0.15) is 8.78 Å². The van der Waals surface area contributed by atoms with Gasteiger partial charge in [0.25, 0.3) is 0 Å². The molecule has 1 amide bonds. The predicted octanol–water partition coefficient (Wildman–Crippen LogP) is 6.28. The summed E-state index contributed by atoms with van der Waals surface area (Å²) in [5, 5.41) is -0.526. The molecule has 2 aromatic rings. The summed E-state index contributed by atoms with van der Waals surface area (Å²) in [6, 6.07) is 12.9. The van der Waals surface area contributed by atoms with Crippen molar-refractivity contribution < 1.29 is 27.8 Å². The van der Waals surface area contributed by atoms with Crippen LogP contribution in [0.1, 0.15) is 43.4 Å². The second-order valence-corrected chi connectivity index (χ2v) is 8.15. The Labute approximate surface area is 189 Å². The summed E-state index contributed by atoms with van der Waals surface area (Å²) in [5.74, 6) is -4.07. The fourth-order valence-corrected chi connectivity index (χ4v) is 3.78. The summed E-state index contributed by atoms with van der Waals surface area (Å²) >= 11 is 6.66. The fourth-order valence-electron chi connectivity index (χ4n) is 2.82. The number of hydrogen-bond donors (Lipinski definition) is 1. The second-order valence-electron chi connectivity index (χ2n) is 6.70. The van der Waals surface area contributed by atoms with Gasteiger partial charge in [-0.15, -0.1) is 0 Å². The first-order valence-corrected chi connectivity index (χ1v) is 10.9. The maximum Gasteiger partial charge on any atom is 0.418 e. The van der Waals surface area contributed by atoms with E-state index in [2.05, 4.69) is 4.72 Å². The summed E-state index contributed by atoms with van der Waals surface area (Å²) in [6.07, 6.45) is -0.941. The van der Waals surface area contributed by atoms with Gasteiger partial charge in [0.2, 0.25) is 0 Å². The number of halogens is 3. The Bertz CT molecular complexity index is 870. The number of unbranched alkanes of at least 4 members (excludes halogenated alkanes) is 1. The summed E-state index contributed by atoms with van der Waals surface area (Å²) in [7, 11) is 1.25. The Morgan fingerprint density at radius 2 is 1.87 bits per heavy atom. The molecule has 9 heteroatoms. The van der Waals surface area contributed by atoms with Gasteiger partial charge < -0.3 is 9.47 Å². The van der Waals surface area contributed by atoms with E-state index >= 15 is 8.78 Å². The highest BCUT2D eigenvalue weighted by Gasteiger charge is 2.45. The summed E-state index contributed by atoms with van der Waals surface area (Å²) in [4.78, 5) is 24.3. The van der Waals surface area contributed by atoms with E-state index in [1.807, 2.05) is 6.92 Å². The number of hydrogen-bond acceptors (Lipinski definition) is 5. The molecule has 0 bridgehead atoms. The SMILES string of the molecule is CCCC[C@H](SNC(=O)OC(c1ccccc1)C(F)(F)c1cccc(Cl)c1)C(=O)OC. The number of carbonyl (C=O) groups excluding carboxylic acids is 2. The number of benzene rings is 2. The third kappa shape index (κ3) is 7.11. The number of alkyl halides is 2. The lowest BCUT2D eigenvalue weighted by Crippen LogP contribution is -2.33. The van der Waals surface area contributed by atoms with Gasteiger partial charge >= 0.3 is 18.0 Å². The van der Waals surface area contributed by atoms with Gasteiger partial charge in [-0.05, 0) is 36.1 Å². The zero-order chi connectivity index (χ0) is 22.9. The lowest BCUT2D eigenvalue weighted by molar-refractivity contribution is -0.140. The van der Waals surface area contributed by atoms with E-state index in [9.17, 15) is 9.59 Å². The number of carbonyl (C=O) groups is 2. The topological polar surface area (TPSA) is 64.6 Å². The van der Waals surface area contributed by atoms with Gasteiger partial charge in [0.1, 0.15) is 5.25 Å². The largest absolute Gasteiger partial charge is 0.468 e. The summed E-state index contributed by atoms with van der Waals surface area (Å²) < 4.78 is 42.9. The van der Waals surface area contributed by atoms with Crippen LogP contribution in [0, 0.1) is 0 Å². The van der Waals surface area contributed by atoms with E-state index in [4.69, 9.17) is 21.1 Å². The lowest BCUT2D eigenvalue weighted by atomic mass is 9.97. The molecule has 0 spiro atoms. The molecule has 0 heterocycles. The van der Waals surface area contributed by atoms with E-state index < -0.39 is 29.3 Å². The first-order chi connectivity index (χ1) is 14.8. The Kier molecular flexibility index (Phi) is 9.58. The Hall–Kier alpha value is -2.32. The molecular weight excluding hydrogens is 448 g/mol. The van der Waals surface area contributed by atoms with Crippen LogP contribution in [0.5, 0.6) is 0 Å². The third-order valence-corrected chi connectivity index (χ3v) is 5.67. The van der Waals surface area contributed by atoms with Crippen molar-refractivity contribution in [2.75, 3.05) is 7.11 Å². The number of amides is 1. The van der Waals surface area contributed by atoms with E-state index in [0.717, 1.165) is 30.9 Å². The molecule has 0 aliphatic rings. The maximum absolute atomic E-state index is 15.4. The molecular formula is C22H24ClF2NO4S. The number of esters is 1. The van der Waals surface area contributed by atoms with Gasteiger partial charge in [-0.3, -0.25) is 9.52 Å². The molecule has 0 aromatic heterocycles. The molecule has 0 saturated heterocycles. The van der Waals surface area contributed by atoms with Crippen molar-refractivity contribution in [2.45, 2.75) is 43.5 Å². The number of rotatable bonds is 10. The zero-order valence-electron chi connectivity index (χ0n) is 17.1. The number of nitrogens with one attached hydrogen (secondary N) is 1. The normalized spacial score (nSPS) is 13.2. The van der Waals surface area contributed by atoms with Gasteiger partial charge in [-0.25, -0.2) is 4.79 Å². The quantitative estimate of drug-likeness (QED) is 0.326. The number of methoxy groups -OCH3 is 1. The van der Waals surface area contributed by atoms with Crippen molar-refractivity contribution in [3.8, 4) is 0 Å². The molecule has 0 radical (unpaired) electrons. The number of ether oxygens (including phenoxy) is 2. The molecule has 168 valence electrons. The third-order valence-electron chi connectivity index (χ3n) is 4.43. The Morgan fingerprint density at radius 1 is 1.16 bits per heavy atom. The van der Waals surface area contributed by atoms with Crippen LogP contribution in [-0.2, 0) is 20.2 Å². The van der Waals surface area contributed by atoms with Crippen molar-refractivity contribution >= 4 is 35.6 Å². The van der Waals surface area contributed by atoms with Crippen molar-refractivity contribution in [1.29, 1.82) is 0 Å². The molecule has 2 atom stereocenters. The summed E-state index contributed by atoms with van der Waals surface area (Å²) in [6.45, 7) is 1.96. The standard InChI is InChI=1S/C22H24ClF2NO4S/c1-3-4-13-18(20(27)29-2)31-26-21(28)30-19(15-9-6-5-7-10-15)22(24,25)16-11-8-12-17(23)14-16/h5-12,14,18-19H,3-4,13H2,1-2H3,(H,26,28)/t18-,19?/m0/s1. The molecule has 2 rings (SSSR count). The smallest absolute Gasteiger partial charge is 0.418 e. The van der Waals surface area contributed by atoms with E-state index in [-0.39, 0.29) is 16.1 Å². The van der Waals surface area contributed by atoms with Crippen LogP contribution >= 0.6 is 23.5 Å². The van der Waals surface area contributed by atoms with Crippen molar-refractivity contribution in [2.24, 2.45) is 0 Å². The highest BCUT2D eigenvalue weighted by molar-refractivity contribution is 7.99. The van der Waals surface area contributed by atoms with Crippen LogP contribution in [0.2, 0.25) is 5.02 Å². The second kappa shape index (κ2) is 11.9. The molecule has 0 saturated carbocycles. The van der Waals surface area contributed by atoms with Crippen LogP contribution < -0.4 is 4.72 Å².